The maximum Gasteiger partial charge on any atom is 0.217 e. The van der Waals surface area contributed by atoms with E-state index in [1.165, 1.54) is 6.92 Å². The molecule has 0 radical (unpaired) electrons. The summed E-state index contributed by atoms with van der Waals surface area (Å²) < 4.78 is 0. The van der Waals surface area contributed by atoms with E-state index in [1.54, 1.807) is 0 Å². The van der Waals surface area contributed by atoms with Gasteiger partial charge in [-0.1, -0.05) is 19.9 Å². The summed E-state index contributed by atoms with van der Waals surface area (Å²) in [5.41, 5.74) is 2.11. The lowest BCUT2D eigenvalue weighted by Gasteiger charge is -2.05. The number of pyridine rings is 1. The first-order valence-electron chi connectivity index (χ1n) is 4.79. The summed E-state index contributed by atoms with van der Waals surface area (Å²) in [5, 5.41) is 2.73. The predicted octanol–water partition coefficient (Wildman–Crippen LogP) is 1.84. The largest absolute Gasteiger partial charge is 0.352 e. The topological polar surface area (TPSA) is 42.0 Å². The van der Waals surface area contributed by atoms with Crippen molar-refractivity contribution in [2.75, 3.05) is 0 Å². The van der Waals surface area contributed by atoms with Crippen LogP contribution in [0.3, 0.4) is 0 Å². The van der Waals surface area contributed by atoms with Gasteiger partial charge in [0, 0.05) is 25.4 Å². The fourth-order valence-electron chi connectivity index (χ4n) is 1.11. The summed E-state index contributed by atoms with van der Waals surface area (Å²) >= 11 is 0. The van der Waals surface area contributed by atoms with Crippen molar-refractivity contribution in [1.82, 2.24) is 10.3 Å². The summed E-state index contributed by atoms with van der Waals surface area (Å²) in [5.74, 6) is 0.433. The molecule has 76 valence electrons. The van der Waals surface area contributed by atoms with Gasteiger partial charge in [0.1, 0.15) is 0 Å². The van der Waals surface area contributed by atoms with Gasteiger partial charge in [-0.05, 0) is 17.5 Å². The smallest absolute Gasteiger partial charge is 0.217 e. The number of carbonyl (C=O) groups is 1. The van der Waals surface area contributed by atoms with Gasteiger partial charge in [-0.2, -0.15) is 0 Å². The zero-order valence-electron chi connectivity index (χ0n) is 8.87. The van der Waals surface area contributed by atoms with Crippen molar-refractivity contribution < 1.29 is 4.79 Å². The lowest BCUT2D eigenvalue weighted by Crippen LogP contribution is -2.18. The normalized spacial score (nSPS) is 10.3. The molecule has 0 saturated heterocycles. The molecule has 1 aromatic heterocycles. The number of hydrogen-bond donors (Lipinski definition) is 1. The SMILES string of the molecule is CC(=O)NCc1ccc(C(C)C)nc1. The molecule has 0 aliphatic carbocycles. The van der Waals surface area contributed by atoms with Gasteiger partial charge in [-0.25, -0.2) is 0 Å². The number of amides is 1. The van der Waals surface area contributed by atoms with Crippen molar-refractivity contribution in [3.05, 3.63) is 29.6 Å². The van der Waals surface area contributed by atoms with E-state index in [9.17, 15) is 4.79 Å². The second kappa shape index (κ2) is 4.74. The predicted molar refractivity (Wildman–Crippen MR) is 55.8 cm³/mol. The Balaban J connectivity index is 2.59. The average molecular weight is 192 g/mol. The summed E-state index contributed by atoms with van der Waals surface area (Å²) in [6.45, 7) is 6.28. The molecule has 0 unspecified atom stereocenters. The molecule has 3 heteroatoms. The Morgan fingerprint density at radius 1 is 1.50 bits per heavy atom. The number of hydrogen-bond acceptors (Lipinski definition) is 2. The van der Waals surface area contributed by atoms with Crippen molar-refractivity contribution in [1.29, 1.82) is 0 Å². The molecule has 0 aliphatic heterocycles. The number of rotatable bonds is 3. The molecule has 1 amide bonds. The summed E-state index contributed by atoms with van der Waals surface area (Å²) in [6, 6.07) is 4.00. The van der Waals surface area contributed by atoms with Crippen LogP contribution in [0, 0.1) is 0 Å². The number of nitrogens with zero attached hydrogens (tertiary/aromatic N) is 1. The summed E-state index contributed by atoms with van der Waals surface area (Å²) in [6.07, 6.45) is 1.81. The Bertz CT molecular complexity index is 304. The highest BCUT2D eigenvalue weighted by atomic mass is 16.1. The van der Waals surface area contributed by atoms with Crippen molar-refractivity contribution in [3.63, 3.8) is 0 Å². The van der Waals surface area contributed by atoms with Gasteiger partial charge in [-0.3, -0.25) is 9.78 Å². The fraction of sp³-hybridized carbons (Fsp3) is 0.455. The van der Waals surface area contributed by atoms with E-state index >= 15 is 0 Å². The molecule has 1 heterocycles. The van der Waals surface area contributed by atoms with Gasteiger partial charge >= 0.3 is 0 Å². The van der Waals surface area contributed by atoms with Crippen LogP contribution in [0.4, 0.5) is 0 Å². The van der Waals surface area contributed by atoms with Crippen molar-refractivity contribution in [3.8, 4) is 0 Å². The molecule has 0 atom stereocenters. The van der Waals surface area contributed by atoms with Crippen LogP contribution in [0.2, 0.25) is 0 Å². The van der Waals surface area contributed by atoms with Crippen LogP contribution >= 0.6 is 0 Å². The Kier molecular flexibility index (Phi) is 3.63. The number of carbonyl (C=O) groups excluding carboxylic acids is 1. The van der Waals surface area contributed by atoms with Crippen LogP contribution in [0.25, 0.3) is 0 Å². The monoisotopic (exact) mass is 192 g/mol. The van der Waals surface area contributed by atoms with Crippen molar-refractivity contribution in [2.24, 2.45) is 0 Å². The molecular formula is C11H16N2O. The lowest BCUT2D eigenvalue weighted by atomic mass is 10.1. The van der Waals surface area contributed by atoms with Crippen LogP contribution in [0.1, 0.15) is 37.9 Å². The van der Waals surface area contributed by atoms with E-state index < -0.39 is 0 Å². The van der Waals surface area contributed by atoms with E-state index in [4.69, 9.17) is 0 Å². The second-order valence-electron chi connectivity index (χ2n) is 3.66. The van der Waals surface area contributed by atoms with E-state index in [1.807, 2.05) is 18.3 Å². The van der Waals surface area contributed by atoms with Gasteiger partial charge in [0.2, 0.25) is 5.91 Å². The zero-order chi connectivity index (χ0) is 10.6. The molecule has 0 bridgehead atoms. The molecule has 0 spiro atoms. The third-order valence-corrected chi connectivity index (χ3v) is 1.98. The van der Waals surface area contributed by atoms with E-state index in [-0.39, 0.29) is 5.91 Å². The zero-order valence-corrected chi connectivity index (χ0v) is 8.87. The highest BCUT2D eigenvalue weighted by molar-refractivity contribution is 5.72. The quantitative estimate of drug-likeness (QED) is 0.794. The minimum absolute atomic E-state index is 0.0158. The molecule has 1 rings (SSSR count). The summed E-state index contributed by atoms with van der Waals surface area (Å²) in [7, 11) is 0. The Hall–Kier alpha value is -1.38. The van der Waals surface area contributed by atoms with Gasteiger partial charge in [0.05, 0.1) is 0 Å². The summed E-state index contributed by atoms with van der Waals surface area (Å²) in [4.78, 5) is 15.0. The molecule has 3 nitrogen and oxygen atoms in total. The maximum atomic E-state index is 10.7. The van der Waals surface area contributed by atoms with E-state index in [0.717, 1.165) is 11.3 Å². The minimum atomic E-state index is -0.0158. The Morgan fingerprint density at radius 2 is 2.21 bits per heavy atom. The van der Waals surface area contributed by atoms with Crippen molar-refractivity contribution >= 4 is 5.91 Å². The van der Waals surface area contributed by atoms with Crippen molar-refractivity contribution in [2.45, 2.75) is 33.2 Å². The molecule has 14 heavy (non-hydrogen) atoms. The van der Waals surface area contributed by atoms with E-state index in [2.05, 4.69) is 24.1 Å². The first-order chi connectivity index (χ1) is 6.59. The number of aromatic nitrogens is 1. The van der Waals surface area contributed by atoms with E-state index in [0.29, 0.717) is 12.5 Å². The van der Waals surface area contributed by atoms with Crippen LogP contribution in [0.15, 0.2) is 18.3 Å². The van der Waals surface area contributed by atoms with Crippen LogP contribution in [-0.4, -0.2) is 10.9 Å². The molecule has 1 N–H and O–H groups in total. The molecular weight excluding hydrogens is 176 g/mol. The maximum absolute atomic E-state index is 10.7. The third-order valence-electron chi connectivity index (χ3n) is 1.98. The molecule has 0 aromatic carbocycles. The fourth-order valence-corrected chi connectivity index (χ4v) is 1.11. The van der Waals surface area contributed by atoms with Gasteiger partial charge in [-0.15, -0.1) is 0 Å². The Labute approximate surface area is 84.6 Å². The minimum Gasteiger partial charge on any atom is -0.352 e. The standard InChI is InChI=1S/C11H16N2O/c1-8(2)11-5-4-10(7-13-11)6-12-9(3)14/h4-5,7-8H,6H2,1-3H3,(H,12,14). The molecule has 0 aliphatic rings. The lowest BCUT2D eigenvalue weighted by molar-refractivity contribution is -0.119. The van der Waals surface area contributed by atoms with Gasteiger partial charge < -0.3 is 5.32 Å². The van der Waals surface area contributed by atoms with Crippen LogP contribution < -0.4 is 5.32 Å². The first kappa shape index (κ1) is 10.7. The third kappa shape index (κ3) is 3.17. The van der Waals surface area contributed by atoms with Crippen LogP contribution in [-0.2, 0) is 11.3 Å². The average Bonchev–Trinajstić information content (AvgIpc) is 2.15. The highest BCUT2D eigenvalue weighted by Crippen LogP contribution is 2.10. The molecule has 0 fully saturated rings. The van der Waals surface area contributed by atoms with Gasteiger partial charge in [0.25, 0.3) is 0 Å². The van der Waals surface area contributed by atoms with Gasteiger partial charge in [0.15, 0.2) is 0 Å². The molecule has 1 aromatic rings. The first-order valence-corrected chi connectivity index (χ1v) is 4.79. The van der Waals surface area contributed by atoms with Crippen LogP contribution in [0.5, 0.6) is 0 Å². The highest BCUT2D eigenvalue weighted by Gasteiger charge is 2.00. The Morgan fingerprint density at radius 3 is 2.64 bits per heavy atom. The second-order valence-corrected chi connectivity index (χ2v) is 3.66. The number of nitrogens with one attached hydrogen (secondary N) is 1. The molecule has 0 saturated carbocycles.